The Morgan fingerprint density at radius 3 is 2.04 bits per heavy atom. The summed E-state index contributed by atoms with van der Waals surface area (Å²) in [4.78, 5) is 0. The summed E-state index contributed by atoms with van der Waals surface area (Å²) in [6, 6.07) is 21.8. The number of benzene rings is 2. The van der Waals surface area contributed by atoms with Crippen molar-refractivity contribution in [1.29, 1.82) is 0 Å². The van der Waals surface area contributed by atoms with Gasteiger partial charge in [0, 0.05) is 10.8 Å². The van der Waals surface area contributed by atoms with E-state index in [1.54, 1.807) is 2.88 Å². The molecule has 0 radical (unpaired) electrons. The van der Waals surface area contributed by atoms with Gasteiger partial charge in [-0.2, -0.15) is 13.2 Å². The molecule has 0 spiro atoms. The van der Waals surface area contributed by atoms with E-state index in [9.17, 15) is 13.2 Å². The first-order valence-electron chi connectivity index (χ1n) is 6.37. The van der Waals surface area contributed by atoms with E-state index in [0.717, 1.165) is 0 Å². The topological polar surface area (TPSA) is 57.2 Å². The van der Waals surface area contributed by atoms with Crippen molar-refractivity contribution in [1.82, 2.24) is 0 Å². The zero-order valence-corrected chi connectivity index (χ0v) is 15.6. The van der Waals surface area contributed by atoms with Gasteiger partial charge in [0.1, 0.15) is 0 Å². The van der Waals surface area contributed by atoms with Crippen LogP contribution in [-0.2, 0) is 10.1 Å². The molecule has 1 heterocycles. The van der Waals surface area contributed by atoms with Crippen LogP contribution < -0.4 is 21.2 Å². The predicted octanol–water partition coefficient (Wildman–Crippen LogP) is 1.08. The minimum absolute atomic E-state index is 0.000948. The molecule has 0 saturated carbocycles. The van der Waals surface area contributed by atoms with Crippen LogP contribution >= 0.6 is 11.3 Å². The maximum Gasteiger partial charge on any atom is 0.485 e. The highest BCUT2D eigenvalue weighted by Gasteiger charge is 2.36. The van der Waals surface area contributed by atoms with Crippen LogP contribution in [0.3, 0.4) is 0 Å². The van der Waals surface area contributed by atoms with Crippen molar-refractivity contribution >= 4 is 31.5 Å². The number of thiophene rings is 1. The molecule has 0 aliphatic carbocycles. The van der Waals surface area contributed by atoms with E-state index in [1.165, 1.54) is 13.7 Å². The molecule has 0 bridgehead atoms. The lowest BCUT2D eigenvalue weighted by molar-refractivity contribution is -0.591. The highest BCUT2D eigenvalue weighted by atomic mass is 127. The fraction of sp³-hybridized carbons (Fsp3) is 0.0667. The van der Waals surface area contributed by atoms with E-state index in [-0.39, 0.29) is 21.2 Å². The molecule has 2 aromatic carbocycles. The van der Waals surface area contributed by atoms with Gasteiger partial charge in [-0.1, -0.05) is 47.7 Å². The van der Waals surface area contributed by atoms with E-state index < -0.39 is 15.6 Å². The quantitative estimate of drug-likeness (QED) is 0.310. The van der Waals surface area contributed by atoms with E-state index in [0.29, 0.717) is 0 Å². The smallest absolute Gasteiger partial charge is 0.485 e. The Morgan fingerprint density at radius 1 is 0.958 bits per heavy atom. The van der Waals surface area contributed by atoms with E-state index >= 15 is 0 Å². The number of halogens is 4. The first kappa shape index (κ1) is 19.2. The number of rotatable bonds is 2. The number of hydrogen-bond acceptors (Lipinski definition) is 4. The van der Waals surface area contributed by atoms with Gasteiger partial charge < -0.3 is 4.55 Å². The fourth-order valence-corrected chi connectivity index (χ4v) is 5.93. The van der Waals surface area contributed by atoms with Crippen molar-refractivity contribution in [2.24, 2.45) is 0 Å². The van der Waals surface area contributed by atoms with Crippen LogP contribution in [-0.4, -0.2) is 18.5 Å². The van der Waals surface area contributed by atoms with Crippen LogP contribution in [0.2, 0.25) is 0 Å². The summed E-state index contributed by atoms with van der Waals surface area (Å²) in [7, 11) is -6.09. The standard InChI is InChI=1S/C14H10IS.CHF3O3S/c1-2-7-12(8-3-1)15-14-10-11-6-4-5-9-13(11)16-14;2-1(3,4)8(5,6)7/h1-10H;(H,5,6,7)/q+1;/p-1. The molecule has 0 amide bonds. The van der Waals surface area contributed by atoms with Crippen LogP contribution in [0.5, 0.6) is 0 Å². The second-order valence-electron chi connectivity index (χ2n) is 4.38. The fourth-order valence-electron chi connectivity index (χ4n) is 1.58. The Morgan fingerprint density at radius 2 is 1.50 bits per heavy atom. The zero-order valence-electron chi connectivity index (χ0n) is 11.8. The normalized spacial score (nSPS) is 11.8. The van der Waals surface area contributed by atoms with Crippen LogP contribution in [0.4, 0.5) is 13.2 Å². The molecule has 3 aromatic rings. The summed E-state index contributed by atoms with van der Waals surface area (Å²) >= 11 is 1.94. The molecule has 0 aliphatic heterocycles. The number of alkyl halides is 3. The maximum atomic E-state index is 10.7. The average Bonchev–Trinajstić information content (AvgIpc) is 2.89. The minimum atomic E-state index is -6.09. The van der Waals surface area contributed by atoms with Gasteiger partial charge in [0.2, 0.25) is 2.88 Å². The van der Waals surface area contributed by atoms with Crippen molar-refractivity contribution < 1.29 is 47.3 Å². The monoisotopic (exact) mass is 486 g/mol. The molecule has 0 fully saturated rings. The minimum Gasteiger partial charge on any atom is -0.741 e. The maximum absolute atomic E-state index is 10.7. The first-order valence-corrected chi connectivity index (χ1v) is 10.8. The Hall–Kier alpha value is -1.17. The molecule has 0 N–H and O–H groups in total. The van der Waals surface area contributed by atoms with Crippen molar-refractivity contribution in [3.8, 4) is 0 Å². The van der Waals surface area contributed by atoms with Gasteiger partial charge in [-0.05, 0) is 23.6 Å². The second kappa shape index (κ2) is 7.81. The third kappa shape index (κ3) is 5.43. The Kier molecular flexibility index (Phi) is 6.23. The molecular formula is C15H10F3IO3S2. The molecule has 3 rings (SSSR count). The first-order chi connectivity index (χ1) is 11.2. The van der Waals surface area contributed by atoms with E-state index in [4.69, 9.17) is 13.0 Å². The summed E-state index contributed by atoms with van der Waals surface area (Å²) in [5.74, 6) is 0. The summed E-state index contributed by atoms with van der Waals surface area (Å²) in [5, 5.41) is 1.39. The van der Waals surface area contributed by atoms with Gasteiger partial charge in [0.05, 0.1) is 0 Å². The molecular weight excluding hydrogens is 476 g/mol. The zero-order chi connectivity index (χ0) is 17.8. The number of hydrogen-bond donors (Lipinski definition) is 0. The highest BCUT2D eigenvalue weighted by Crippen LogP contribution is 2.20. The lowest BCUT2D eigenvalue weighted by Crippen LogP contribution is -3.61. The third-order valence-corrected chi connectivity index (χ3v) is 7.45. The van der Waals surface area contributed by atoms with Gasteiger partial charge in [0.25, 0.3) is 0 Å². The Bertz CT molecular complexity index is 873. The van der Waals surface area contributed by atoms with Gasteiger partial charge in [-0.3, -0.25) is 0 Å². The summed E-state index contributed by atoms with van der Waals surface area (Å²) < 4.78 is 63.4. The summed E-state index contributed by atoms with van der Waals surface area (Å²) in [6.07, 6.45) is 0. The molecule has 9 heteroatoms. The molecule has 0 unspecified atom stereocenters. The van der Waals surface area contributed by atoms with E-state index in [1.807, 2.05) is 11.3 Å². The van der Waals surface area contributed by atoms with E-state index in [2.05, 4.69) is 60.7 Å². The largest absolute Gasteiger partial charge is 0.741 e. The molecule has 1 aromatic heterocycles. The molecule has 128 valence electrons. The van der Waals surface area contributed by atoms with Crippen LogP contribution in [0, 0.1) is 6.45 Å². The van der Waals surface area contributed by atoms with Crippen molar-refractivity contribution in [2.45, 2.75) is 5.51 Å². The third-order valence-electron chi connectivity index (χ3n) is 2.61. The molecule has 3 nitrogen and oxygen atoms in total. The lowest BCUT2D eigenvalue weighted by Gasteiger charge is -2.08. The average molecular weight is 486 g/mol. The summed E-state index contributed by atoms with van der Waals surface area (Å²) in [6.45, 7) is 0. The highest BCUT2D eigenvalue weighted by molar-refractivity contribution is 7.86. The Labute approximate surface area is 151 Å². The van der Waals surface area contributed by atoms with Crippen LogP contribution in [0.1, 0.15) is 0 Å². The Balaban J connectivity index is 0.000000224. The lowest BCUT2D eigenvalue weighted by atomic mass is 10.3. The molecule has 0 atom stereocenters. The van der Waals surface area contributed by atoms with Crippen molar-refractivity contribution in [3.63, 3.8) is 0 Å². The summed E-state index contributed by atoms with van der Waals surface area (Å²) in [5.41, 5.74) is -5.65. The molecule has 0 aliphatic rings. The molecule has 0 saturated heterocycles. The predicted molar refractivity (Wildman–Crippen MR) is 81.4 cm³/mol. The van der Waals surface area contributed by atoms with Gasteiger partial charge in [0.15, 0.2) is 13.7 Å². The van der Waals surface area contributed by atoms with Crippen LogP contribution in [0.15, 0.2) is 60.7 Å². The van der Waals surface area contributed by atoms with Crippen LogP contribution in [0.25, 0.3) is 10.1 Å². The van der Waals surface area contributed by atoms with Gasteiger partial charge in [-0.25, -0.2) is 8.42 Å². The second-order valence-corrected chi connectivity index (χ2v) is 10.5. The van der Waals surface area contributed by atoms with Crippen molar-refractivity contribution in [3.05, 3.63) is 67.1 Å². The van der Waals surface area contributed by atoms with Gasteiger partial charge >= 0.3 is 26.7 Å². The van der Waals surface area contributed by atoms with Gasteiger partial charge in [-0.15, -0.1) is 0 Å². The molecule has 24 heavy (non-hydrogen) atoms. The van der Waals surface area contributed by atoms with Crippen molar-refractivity contribution in [2.75, 3.05) is 0 Å². The SMILES string of the molecule is O=S(=O)([O-])C(F)(F)F.c1ccc([I+]c2cc3ccccc3s2)cc1. The number of fused-ring (bicyclic) bond motifs is 1.